The first-order valence-electron chi connectivity index (χ1n) is 7.31. The fraction of sp³-hybridized carbons (Fsp3) is 0.471. The molecule has 4 nitrogen and oxygen atoms in total. The lowest BCUT2D eigenvalue weighted by atomic mass is 10.0. The third-order valence-electron chi connectivity index (χ3n) is 3.66. The second-order valence-corrected chi connectivity index (χ2v) is 5.12. The minimum Gasteiger partial charge on any atom is -0.384 e. The van der Waals surface area contributed by atoms with Crippen LogP contribution in [0.3, 0.4) is 0 Å². The summed E-state index contributed by atoms with van der Waals surface area (Å²) in [6.45, 7) is 3.15. The van der Waals surface area contributed by atoms with Crippen LogP contribution in [0.2, 0.25) is 0 Å². The molecule has 1 atom stereocenters. The average Bonchev–Trinajstić information content (AvgIpc) is 2.99. The Kier molecular flexibility index (Phi) is 5.79. The number of carbonyl (C=O) groups is 1. The summed E-state index contributed by atoms with van der Waals surface area (Å²) in [5.74, 6) is 5.38. The molecular formula is C17H21NO3. The van der Waals surface area contributed by atoms with E-state index in [2.05, 4.69) is 17.2 Å². The molecule has 1 aliphatic heterocycles. The molecule has 1 amide bonds. The van der Waals surface area contributed by atoms with E-state index < -0.39 is 0 Å². The normalized spacial score (nSPS) is 17.1. The van der Waals surface area contributed by atoms with Gasteiger partial charge < -0.3 is 15.2 Å². The fourth-order valence-electron chi connectivity index (χ4n) is 2.47. The van der Waals surface area contributed by atoms with Gasteiger partial charge in [0.1, 0.15) is 6.61 Å². The van der Waals surface area contributed by atoms with Gasteiger partial charge in [-0.3, -0.25) is 4.79 Å². The minimum atomic E-state index is -0.183. The standard InChI is InChI=1S/C17H21NO3/c1-13-14(6-3-11-19)5-2-8-16(13)17(20)18-10-9-15-7-4-12-21-15/h2,5,8,15,19H,4,7,9-12H2,1H3,(H,18,20). The Balaban J connectivity index is 1.95. The van der Waals surface area contributed by atoms with Crippen LogP contribution >= 0.6 is 0 Å². The maximum absolute atomic E-state index is 12.2. The van der Waals surface area contributed by atoms with Gasteiger partial charge in [-0.1, -0.05) is 17.9 Å². The number of hydrogen-bond donors (Lipinski definition) is 2. The number of ether oxygens (including phenoxy) is 1. The molecule has 112 valence electrons. The molecule has 1 saturated heterocycles. The number of carbonyl (C=O) groups excluding carboxylic acids is 1. The Hall–Kier alpha value is -1.83. The Morgan fingerprint density at radius 2 is 2.38 bits per heavy atom. The van der Waals surface area contributed by atoms with Crippen LogP contribution in [-0.2, 0) is 4.74 Å². The van der Waals surface area contributed by atoms with Gasteiger partial charge in [-0.05, 0) is 43.9 Å². The van der Waals surface area contributed by atoms with E-state index in [0.717, 1.165) is 37.0 Å². The van der Waals surface area contributed by atoms with Crippen LogP contribution in [0.5, 0.6) is 0 Å². The second-order valence-electron chi connectivity index (χ2n) is 5.12. The predicted octanol–water partition coefficient (Wildman–Crippen LogP) is 1.64. The van der Waals surface area contributed by atoms with Crippen molar-refractivity contribution in [3.05, 3.63) is 34.9 Å². The van der Waals surface area contributed by atoms with E-state index in [1.54, 1.807) is 6.07 Å². The minimum absolute atomic E-state index is 0.0851. The molecule has 1 unspecified atom stereocenters. The molecule has 2 rings (SSSR count). The molecule has 4 heteroatoms. The molecule has 2 N–H and O–H groups in total. The number of benzene rings is 1. The second kappa shape index (κ2) is 7.82. The number of amides is 1. The lowest BCUT2D eigenvalue weighted by Crippen LogP contribution is -2.27. The zero-order valence-corrected chi connectivity index (χ0v) is 12.3. The molecular weight excluding hydrogens is 266 g/mol. The highest BCUT2D eigenvalue weighted by Gasteiger charge is 2.16. The zero-order valence-electron chi connectivity index (χ0n) is 12.3. The van der Waals surface area contributed by atoms with Gasteiger partial charge in [0.25, 0.3) is 5.91 Å². The monoisotopic (exact) mass is 287 g/mol. The van der Waals surface area contributed by atoms with Crippen LogP contribution in [0.4, 0.5) is 0 Å². The van der Waals surface area contributed by atoms with Crippen molar-refractivity contribution in [1.82, 2.24) is 5.32 Å². The lowest BCUT2D eigenvalue weighted by molar-refractivity contribution is 0.0906. The summed E-state index contributed by atoms with van der Waals surface area (Å²) < 4.78 is 5.53. The third kappa shape index (κ3) is 4.32. The molecule has 1 aromatic carbocycles. The van der Waals surface area contributed by atoms with Crippen molar-refractivity contribution in [3.8, 4) is 11.8 Å². The van der Waals surface area contributed by atoms with Crippen molar-refractivity contribution in [3.63, 3.8) is 0 Å². The quantitative estimate of drug-likeness (QED) is 0.828. The van der Waals surface area contributed by atoms with Gasteiger partial charge in [-0.25, -0.2) is 0 Å². The first-order chi connectivity index (χ1) is 10.2. The molecule has 21 heavy (non-hydrogen) atoms. The van der Waals surface area contributed by atoms with Crippen molar-refractivity contribution in [2.24, 2.45) is 0 Å². The fourth-order valence-corrected chi connectivity index (χ4v) is 2.47. The van der Waals surface area contributed by atoms with Gasteiger partial charge in [-0.2, -0.15) is 0 Å². The van der Waals surface area contributed by atoms with E-state index in [4.69, 9.17) is 9.84 Å². The molecule has 0 aromatic heterocycles. The van der Waals surface area contributed by atoms with Gasteiger partial charge >= 0.3 is 0 Å². The Morgan fingerprint density at radius 3 is 3.10 bits per heavy atom. The highest BCUT2D eigenvalue weighted by Crippen LogP contribution is 2.15. The molecule has 1 aromatic rings. The molecule has 0 spiro atoms. The summed E-state index contributed by atoms with van der Waals surface area (Å²) in [7, 11) is 0. The van der Waals surface area contributed by atoms with E-state index in [0.29, 0.717) is 12.1 Å². The van der Waals surface area contributed by atoms with Crippen molar-refractivity contribution in [1.29, 1.82) is 0 Å². The van der Waals surface area contributed by atoms with Crippen LogP contribution in [-0.4, -0.2) is 36.9 Å². The van der Waals surface area contributed by atoms with E-state index >= 15 is 0 Å². The first kappa shape index (κ1) is 15.6. The number of aliphatic hydroxyl groups excluding tert-OH is 1. The maximum Gasteiger partial charge on any atom is 0.251 e. The number of nitrogens with one attached hydrogen (secondary N) is 1. The number of rotatable bonds is 4. The van der Waals surface area contributed by atoms with Crippen LogP contribution in [0.25, 0.3) is 0 Å². The average molecular weight is 287 g/mol. The molecule has 0 saturated carbocycles. The van der Waals surface area contributed by atoms with Crippen molar-refractivity contribution >= 4 is 5.91 Å². The van der Waals surface area contributed by atoms with Gasteiger partial charge in [0, 0.05) is 24.3 Å². The van der Waals surface area contributed by atoms with Crippen LogP contribution in [0.15, 0.2) is 18.2 Å². The highest BCUT2D eigenvalue weighted by atomic mass is 16.5. The Morgan fingerprint density at radius 1 is 1.52 bits per heavy atom. The van der Waals surface area contributed by atoms with E-state index in [1.807, 2.05) is 19.1 Å². The molecule has 1 aliphatic rings. The predicted molar refractivity (Wildman–Crippen MR) is 81.1 cm³/mol. The van der Waals surface area contributed by atoms with Gasteiger partial charge in [-0.15, -0.1) is 0 Å². The van der Waals surface area contributed by atoms with Crippen molar-refractivity contribution in [2.75, 3.05) is 19.8 Å². The Labute approximate surface area is 125 Å². The van der Waals surface area contributed by atoms with Crippen molar-refractivity contribution < 1.29 is 14.6 Å². The smallest absolute Gasteiger partial charge is 0.251 e. The molecule has 0 aliphatic carbocycles. The summed E-state index contributed by atoms with van der Waals surface area (Å²) in [5.41, 5.74) is 2.25. The number of hydrogen-bond acceptors (Lipinski definition) is 3. The maximum atomic E-state index is 12.2. The number of aliphatic hydroxyl groups is 1. The highest BCUT2D eigenvalue weighted by molar-refractivity contribution is 5.96. The molecule has 1 fully saturated rings. The third-order valence-corrected chi connectivity index (χ3v) is 3.66. The van der Waals surface area contributed by atoms with Crippen LogP contribution in [0.1, 0.15) is 40.7 Å². The molecule has 1 heterocycles. The van der Waals surface area contributed by atoms with Crippen LogP contribution in [0, 0.1) is 18.8 Å². The summed E-state index contributed by atoms with van der Waals surface area (Å²) >= 11 is 0. The molecule has 0 radical (unpaired) electrons. The topological polar surface area (TPSA) is 58.6 Å². The Bertz CT molecular complexity index is 551. The summed E-state index contributed by atoms with van der Waals surface area (Å²) in [5, 5.41) is 11.7. The van der Waals surface area contributed by atoms with E-state index in [1.165, 1.54) is 0 Å². The first-order valence-corrected chi connectivity index (χ1v) is 7.31. The largest absolute Gasteiger partial charge is 0.384 e. The van der Waals surface area contributed by atoms with E-state index in [-0.39, 0.29) is 18.6 Å². The summed E-state index contributed by atoms with van der Waals surface area (Å²) in [6, 6.07) is 5.45. The molecule has 0 bridgehead atoms. The van der Waals surface area contributed by atoms with Gasteiger partial charge in [0.15, 0.2) is 0 Å². The van der Waals surface area contributed by atoms with Gasteiger partial charge in [0.2, 0.25) is 0 Å². The zero-order chi connectivity index (χ0) is 15.1. The SMILES string of the molecule is Cc1c(C#CCO)cccc1C(=O)NCCC1CCCO1. The lowest BCUT2D eigenvalue weighted by Gasteiger charge is -2.11. The van der Waals surface area contributed by atoms with Crippen LogP contribution < -0.4 is 5.32 Å². The van der Waals surface area contributed by atoms with Crippen molar-refractivity contribution in [2.45, 2.75) is 32.3 Å². The van der Waals surface area contributed by atoms with Gasteiger partial charge in [0.05, 0.1) is 6.10 Å². The van der Waals surface area contributed by atoms with E-state index in [9.17, 15) is 4.79 Å². The summed E-state index contributed by atoms with van der Waals surface area (Å²) in [6.07, 6.45) is 3.34. The summed E-state index contributed by atoms with van der Waals surface area (Å²) in [4.78, 5) is 12.2.